The number of ketones is 1. The van der Waals surface area contributed by atoms with Crippen molar-refractivity contribution in [3.63, 3.8) is 0 Å². The number of rotatable bonds is 3. The van der Waals surface area contributed by atoms with E-state index in [4.69, 9.17) is 4.74 Å². The van der Waals surface area contributed by atoms with Gasteiger partial charge in [-0.3, -0.25) is 4.79 Å². The predicted octanol–water partition coefficient (Wildman–Crippen LogP) is 4.26. The lowest BCUT2D eigenvalue weighted by Crippen LogP contribution is -2.55. The first-order valence-corrected chi connectivity index (χ1v) is 9.87. The fraction of sp³-hybridized carbons (Fsp3) is 0.682. The van der Waals surface area contributed by atoms with Gasteiger partial charge in [0.1, 0.15) is 11.4 Å². The minimum atomic E-state index is -1.10. The summed E-state index contributed by atoms with van der Waals surface area (Å²) in [6.07, 6.45) is 6.87. The average Bonchev–Trinajstić information content (AvgIpc) is 2.95. The molecule has 0 heterocycles. The summed E-state index contributed by atoms with van der Waals surface area (Å²) in [5.74, 6) is 2.58. The van der Waals surface area contributed by atoms with Crippen molar-refractivity contribution in [2.45, 2.75) is 70.3 Å². The maximum absolute atomic E-state index is 12.4. The van der Waals surface area contributed by atoms with Crippen LogP contribution in [-0.4, -0.2) is 23.6 Å². The van der Waals surface area contributed by atoms with Gasteiger partial charge in [-0.05, 0) is 92.9 Å². The molecule has 2 saturated carbocycles. The van der Waals surface area contributed by atoms with E-state index in [1.54, 1.807) is 14.0 Å². The third kappa shape index (κ3) is 2.17. The molecule has 0 aromatic heterocycles. The van der Waals surface area contributed by atoms with E-state index >= 15 is 0 Å². The van der Waals surface area contributed by atoms with E-state index in [0.29, 0.717) is 24.2 Å². The summed E-state index contributed by atoms with van der Waals surface area (Å²) in [5.41, 5.74) is 1.62. The monoisotopic (exact) mass is 342 g/mol. The molecule has 3 aliphatic rings. The van der Waals surface area contributed by atoms with Crippen LogP contribution in [0.2, 0.25) is 0 Å². The normalized spacial score (nSPS) is 39.3. The molecule has 5 atom stereocenters. The standard InChI is InChI=1S/C22H30O3/c1-4-21-11-9-18-17-8-6-16(25-3)13-15(17)5-7-19(18)20(21)10-12-22(21,24)14(2)23/h6,8,13,18-20,24H,4-5,7,9-12H2,1-3H3/t18-,19-,20+,21?,22-/m1/s1. The maximum atomic E-state index is 12.4. The first kappa shape index (κ1) is 17.1. The largest absolute Gasteiger partial charge is 0.497 e. The summed E-state index contributed by atoms with van der Waals surface area (Å²) in [5, 5.41) is 11.3. The molecule has 0 saturated heterocycles. The number of aliphatic hydroxyl groups is 1. The van der Waals surface area contributed by atoms with Crippen molar-refractivity contribution in [3.8, 4) is 5.75 Å². The molecule has 3 heteroatoms. The smallest absolute Gasteiger partial charge is 0.161 e. The molecule has 1 aromatic carbocycles. The van der Waals surface area contributed by atoms with Crippen LogP contribution < -0.4 is 4.74 Å². The van der Waals surface area contributed by atoms with Crippen LogP contribution in [0.25, 0.3) is 0 Å². The van der Waals surface area contributed by atoms with E-state index in [2.05, 4.69) is 25.1 Å². The molecule has 0 radical (unpaired) electrons. The van der Waals surface area contributed by atoms with Gasteiger partial charge >= 0.3 is 0 Å². The number of Topliss-reactive ketones (excluding diaryl/α,β-unsaturated/α-hetero) is 1. The number of hydrogen-bond acceptors (Lipinski definition) is 3. The summed E-state index contributed by atoms with van der Waals surface area (Å²) in [4.78, 5) is 12.4. The van der Waals surface area contributed by atoms with Crippen LogP contribution in [0, 0.1) is 17.3 Å². The molecule has 0 amide bonds. The first-order chi connectivity index (χ1) is 12.0. The van der Waals surface area contributed by atoms with Crippen molar-refractivity contribution < 1.29 is 14.6 Å². The van der Waals surface area contributed by atoms with Gasteiger partial charge in [0.25, 0.3) is 0 Å². The summed E-state index contributed by atoms with van der Waals surface area (Å²) in [6.45, 7) is 3.77. The van der Waals surface area contributed by atoms with E-state index in [9.17, 15) is 9.90 Å². The summed E-state index contributed by atoms with van der Waals surface area (Å²) >= 11 is 0. The topological polar surface area (TPSA) is 46.5 Å². The Morgan fingerprint density at radius 1 is 1.28 bits per heavy atom. The fourth-order valence-electron chi connectivity index (χ4n) is 6.78. The molecule has 0 spiro atoms. The van der Waals surface area contributed by atoms with Crippen molar-refractivity contribution in [2.24, 2.45) is 17.3 Å². The molecule has 1 unspecified atom stereocenters. The summed E-state index contributed by atoms with van der Waals surface area (Å²) in [7, 11) is 1.73. The number of methoxy groups -OCH3 is 1. The molecule has 136 valence electrons. The van der Waals surface area contributed by atoms with Gasteiger partial charge in [-0.1, -0.05) is 13.0 Å². The second-order valence-corrected chi connectivity index (χ2v) is 8.48. The molecule has 1 aromatic rings. The zero-order chi connectivity index (χ0) is 17.8. The van der Waals surface area contributed by atoms with E-state index in [-0.39, 0.29) is 11.2 Å². The predicted molar refractivity (Wildman–Crippen MR) is 97.9 cm³/mol. The van der Waals surface area contributed by atoms with Crippen molar-refractivity contribution >= 4 is 5.78 Å². The van der Waals surface area contributed by atoms with Crippen LogP contribution in [0.15, 0.2) is 18.2 Å². The number of carbonyl (C=O) groups is 1. The van der Waals surface area contributed by atoms with Gasteiger partial charge in [0.05, 0.1) is 7.11 Å². The van der Waals surface area contributed by atoms with Crippen LogP contribution in [0.3, 0.4) is 0 Å². The minimum Gasteiger partial charge on any atom is -0.497 e. The maximum Gasteiger partial charge on any atom is 0.161 e. The van der Waals surface area contributed by atoms with Crippen molar-refractivity contribution in [3.05, 3.63) is 29.3 Å². The van der Waals surface area contributed by atoms with Gasteiger partial charge in [-0.2, -0.15) is 0 Å². The van der Waals surface area contributed by atoms with E-state index in [1.807, 2.05) is 0 Å². The fourth-order valence-corrected chi connectivity index (χ4v) is 6.78. The Morgan fingerprint density at radius 3 is 2.76 bits per heavy atom. The molecule has 2 fully saturated rings. The van der Waals surface area contributed by atoms with Crippen LogP contribution in [0.1, 0.15) is 69.4 Å². The van der Waals surface area contributed by atoms with E-state index in [1.165, 1.54) is 17.5 Å². The molecule has 0 bridgehead atoms. The van der Waals surface area contributed by atoms with Gasteiger partial charge in [-0.15, -0.1) is 0 Å². The Hall–Kier alpha value is -1.35. The number of carbonyl (C=O) groups excluding carboxylic acids is 1. The number of benzene rings is 1. The zero-order valence-corrected chi connectivity index (χ0v) is 15.7. The SMILES string of the molecule is CCC12CC[C@@H]3c4ccc(OC)cc4CC[C@H]3[C@@H]1CC[C@@]2(O)C(C)=O. The molecular formula is C22H30O3. The van der Waals surface area contributed by atoms with Gasteiger partial charge in [0.15, 0.2) is 5.78 Å². The number of hydrogen-bond donors (Lipinski definition) is 1. The number of aryl methyl sites for hydroxylation is 1. The Morgan fingerprint density at radius 2 is 2.08 bits per heavy atom. The van der Waals surface area contributed by atoms with Crippen LogP contribution >= 0.6 is 0 Å². The lowest BCUT2D eigenvalue weighted by Gasteiger charge is -2.54. The highest BCUT2D eigenvalue weighted by Crippen LogP contribution is 2.65. The highest BCUT2D eigenvalue weighted by Gasteiger charge is 2.64. The van der Waals surface area contributed by atoms with E-state index < -0.39 is 5.60 Å². The van der Waals surface area contributed by atoms with Gasteiger partial charge in [0, 0.05) is 5.41 Å². The van der Waals surface area contributed by atoms with Gasteiger partial charge in [-0.25, -0.2) is 0 Å². The van der Waals surface area contributed by atoms with Crippen LogP contribution in [0.5, 0.6) is 5.75 Å². The lowest BCUT2D eigenvalue weighted by atomic mass is 9.51. The number of ether oxygens (including phenoxy) is 1. The van der Waals surface area contributed by atoms with Crippen molar-refractivity contribution in [1.29, 1.82) is 0 Å². The van der Waals surface area contributed by atoms with Crippen molar-refractivity contribution in [1.82, 2.24) is 0 Å². The molecule has 25 heavy (non-hydrogen) atoms. The average molecular weight is 342 g/mol. The first-order valence-electron chi connectivity index (χ1n) is 9.87. The summed E-state index contributed by atoms with van der Waals surface area (Å²) in [6, 6.07) is 6.55. The van der Waals surface area contributed by atoms with Crippen LogP contribution in [0.4, 0.5) is 0 Å². The summed E-state index contributed by atoms with van der Waals surface area (Å²) < 4.78 is 5.40. The molecule has 4 rings (SSSR count). The molecule has 1 N–H and O–H groups in total. The zero-order valence-electron chi connectivity index (χ0n) is 15.7. The quantitative estimate of drug-likeness (QED) is 0.893. The number of fused-ring (bicyclic) bond motifs is 5. The Labute approximate surface area is 150 Å². The lowest BCUT2D eigenvalue weighted by molar-refractivity contribution is -0.158. The Balaban J connectivity index is 1.71. The third-order valence-electron chi connectivity index (χ3n) is 8.00. The Bertz CT molecular complexity index is 697. The van der Waals surface area contributed by atoms with Crippen molar-refractivity contribution in [2.75, 3.05) is 7.11 Å². The highest BCUT2D eigenvalue weighted by molar-refractivity contribution is 5.86. The third-order valence-corrected chi connectivity index (χ3v) is 8.00. The molecule has 3 nitrogen and oxygen atoms in total. The second kappa shape index (κ2) is 5.84. The molecule has 0 aliphatic heterocycles. The Kier molecular flexibility index (Phi) is 3.99. The minimum absolute atomic E-state index is 0.0174. The molecule has 3 aliphatic carbocycles. The van der Waals surface area contributed by atoms with Gasteiger partial charge in [0.2, 0.25) is 0 Å². The second-order valence-electron chi connectivity index (χ2n) is 8.48. The highest BCUT2D eigenvalue weighted by atomic mass is 16.5. The molecular weight excluding hydrogens is 312 g/mol. The van der Waals surface area contributed by atoms with E-state index in [0.717, 1.165) is 37.9 Å². The van der Waals surface area contributed by atoms with Crippen LogP contribution in [-0.2, 0) is 11.2 Å². The van der Waals surface area contributed by atoms with Gasteiger partial charge < -0.3 is 9.84 Å².